The van der Waals surface area contributed by atoms with Gasteiger partial charge in [0.2, 0.25) is 0 Å². The van der Waals surface area contributed by atoms with Crippen LogP contribution in [0.5, 0.6) is 0 Å². The van der Waals surface area contributed by atoms with Crippen LogP contribution in [0.1, 0.15) is 36.5 Å². The van der Waals surface area contributed by atoms with Crippen LogP contribution in [0, 0.1) is 5.92 Å². The van der Waals surface area contributed by atoms with Crippen LogP contribution in [0.3, 0.4) is 0 Å². The molecule has 0 unspecified atom stereocenters. The number of hydrogen-bond acceptors (Lipinski definition) is 3. The van der Waals surface area contributed by atoms with E-state index in [1.54, 1.807) is 12.1 Å². The minimum Gasteiger partial charge on any atom is -0.478 e. The number of aromatic nitrogens is 1. The lowest BCUT2D eigenvalue weighted by atomic mass is 9.85. The Morgan fingerprint density at radius 2 is 2.14 bits per heavy atom. The van der Waals surface area contributed by atoms with Gasteiger partial charge in [-0.15, -0.1) is 0 Å². The topological polar surface area (TPSA) is 53.4 Å². The average Bonchev–Trinajstić information content (AvgIpc) is 2.45. The molecule has 0 radical (unpaired) electrons. The first-order valence-electron chi connectivity index (χ1n) is 7.57. The predicted octanol–water partition coefficient (Wildman–Crippen LogP) is 3.56. The highest BCUT2D eigenvalue weighted by Gasteiger charge is 2.21. The van der Waals surface area contributed by atoms with Crippen LogP contribution in [0.15, 0.2) is 30.3 Å². The van der Waals surface area contributed by atoms with Gasteiger partial charge in [0, 0.05) is 18.5 Å². The molecule has 1 saturated carbocycles. The Hall–Kier alpha value is -2.10. The van der Waals surface area contributed by atoms with E-state index in [0.717, 1.165) is 30.3 Å². The maximum Gasteiger partial charge on any atom is 0.336 e. The zero-order valence-electron chi connectivity index (χ0n) is 12.2. The number of pyridine rings is 1. The van der Waals surface area contributed by atoms with Crippen LogP contribution < -0.4 is 4.90 Å². The standard InChI is InChI=1S/C17H20N2O2/c1-2-19(11-12-5-3-6-12)16-10-9-13-14(17(20)21)7-4-8-15(13)18-16/h4,7-10,12H,2-3,5-6,11H2,1H3,(H,20,21). The van der Waals surface area contributed by atoms with Crippen molar-refractivity contribution < 1.29 is 9.90 Å². The summed E-state index contributed by atoms with van der Waals surface area (Å²) in [5.74, 6) is 0.823. The van der Waals surface area contributed by atoms with E-state index >= 15 is 0 Å². The molecule has 1 heterocycles. The number of anilines is 1. The highest BCUT2D eigenvalue weighted by Crippen LogP contribution is 2.29. The summed E-state index contributed by atoms with van der Waals surface area (Å²) in [6, 6.07) is 9.08. The molecule has 1 aromatic heterocycles. The van der Waals surface area contributed by atoms with Crippen molar-refractivity contribution in [2.24, 2.45) is 5.92 Å². The summed E-state index contributed by atoms with van der Waals surface area (Å²) < 4.78 is 0. The molecule has 1 N–H and O–H groups in total. The molecule has 0 saturated heterocycles. The minimum absolute atomic E-state index is 0.314. The molecule has 0 spiro atoms. The Labute approximate surface area is 124 Å². The maximum atomic E-state index is 11.2. The Kier molecular flexibility index (Phi) is 3.78. The first kappa shape index (κ1) is 13.9. The van der Waals surface area contributed by atoms with E-state index in [4.69, 9.17) is 0 Å². The van der Waals surface area contributed by atoms with Crippen LogP contribution in [0.25, 0.3) is 10.9 Å². The normalized spacial score (nSPS) is 14.9. The van der Waals surface area contributed by atoms with E-state index in [9.17, 15) is 9.90 Å². The lowest BCUT2D eigenvalue weighted by molar-refractivity contribution is 0.0699. The molecular weight excluding hydrogens is 264 g/mol. The molecule has 0 bridgehead atoms. The fourth-order valence-corrected chi connectivity index (χ4v) is 2.88. The predicted molar refractivity (Wildman–Crippen MR) is 83.9 cm³/mol. The third-order valence-corrected chi connectivity index (χ3v) is 4.36. The zero-order valence-corrected chi connectivity index (χ0v) is 12.2. The van der Waals surface area contributed by atoms with Crippen molar-refractivity contribution in [1.29, 1.82) is 0 Å². The van der Waals surface area contributed by atoms with Gasteiger partial charge in [0.1, 0.15) is 5.82 Å². The highest BCUT2D eigenvalue weighted by molar-refractivity contribution is 6.02. The molecule has 0 amide bonds. The number of rotatable bonds is 5. The molecule has 1 aliphatic rings. The molecule has 3 rings (SSSR count). The summed E-state index contributed by atoms with van der Waals surface area (Å²) in [7, 11) is 0. The summed E-state index contributed by atoms with van der Waals surface area (Å²) in [6.45, 7) is 4.11. The third-order valence-electron chi connectivity index (χ3n) is 4.36. The Morgan fingerprint density at radius 1 is 1.33 bits per heavy atom. The molecule has 1 aliphatic carbocycles. The van der Waals surface area contributed by atoms with Crippen LogP contribution in [0.2, 0.25) is 0 Å². The number of carboxylic acids is 1. The number of carbonyl (C=O) groups is 1. The first-order valence-corrected chi connectivity index (χ1v) is 7.57. The van der Waals surface area contributed by atoms with Crippen molar-refractivity contribution in [2.45, 2.75) is 26.2 Å². The van der Waals surface area contributed by atoms with E-state index in [-0.39, 0.29) is 0 Å². The zero-order chi connectivity index (χ0) is 14.8. The molecule has 0 atom stereocenters. The lowest BCUT2D eigenvalue weighted by Crippen LogP contribution is -2.32. The monoisotopic (exact) mass is 284 g/mol. The van der Waals surface area contributed by atoms with Gasteiger partial charge in [-0.1, -0.05) is 12.5 Å². The van der Waals surface area contributed by atoms with E-state index in [2.05, 4.69) is 16.8 Å². The molecule has 1 fully saturated rings. The Morgan fingerprint density at radius 3 is 2.76 bits per heavy atom. The van der Waals surface area contributed by atoms with E-state index < -0.39 is 5.97 Å². The maximum absolute atomic E-state index is 11.2. The second-order valence-corrected chi connectivity index (χ2v) is 5.68. The first-order chi connectivity index (χ1) is 10.2. The Balaban J connectivity index is 1.94. The molecule has 4 nitrogen and oxygen atoms in total. The van der Waals surface area contributed by atoms with Gasteiger partial charge < -0.3 is 10.0 Å². The van der Waals surface area contributed by atoms with Crippen LogP contribution in [-0.2, 0) is 0 Å². The van der Waals surface area contributed by atoms with Crippen molar-refractivity contribution in [2.75, 3.05) is 18.0 Å². The van der Waals surface area contributed by atoms with E-state index in [0.29, 0.717) is 10.9 Å². The number of aromatic carboxylic acids is 1. The van der Waals surface area contributed by atoms with Crippen molar-refractivity contribution in [1.82, 2.24) is 4.98 Å². The molecule has 0 aliphatic heterocycles. The summed E-state index contributed by atoms with van der Waals surface area (Å²) >= 11 is 0. The number of carboxylic acid groups (broad SMARTS) is 1. The van der Waals surface area contributed by atoms with E-state index in [1.165, 1.54) is 19.3 Å². The fraction of sp³-hybridized carbons (Fsp3) is 0.412. The summed E-state index contributed by atoms with van der Waals surface area (Å²) in [4.78, 5) is 18.2. The summed E-state index contributed by atoms with van der Waals surface area (Å²) in [6.07, 6.45) is 3.97. The SMILES string of the molecule is CCN(CC1CCC1)c1ccc2c(C(=O)O)cccc2n1. The van der Waals surface area contributed by atoms with Gasteiger partial charge in [-0.3, -0.25) is 0 Å². The summed E-state index contributed by atoms with van der Waals surface area (Å²) in [5.41, 5.74) is 1.06. The van der Waals surface area contributed by atoms with Crippen molar-refractivity contribution in [3.63, 3.8) is 0 Å². The van der Waals surface area contributed by atoms with Crippen LogP contribution in [0.4, 0.5) is 5.82 Å². The molecule has 110 valence electrons. The molecule has 21 heavy (non-hydrogen) atoms. The molecule has 2 aromatic rings. The fourth-order valence-electron chi connectivity index (χ4n) is 2.88. The smallest absolute Gasteiger partial charge is 0.336 e. The molecular formula is C17H20N2O2. The Bertz CT molecular complexity index is 665. The average molecular weight is 284 g/mol. The lowest BCUT2D eigenvalue weighted by Gasteiger charge is -2.32. The van der Waals surface area contributed by atoms with Crippen molar-refractivity contribution in [3.05, 3.63) is 35.9 Å². The molecule has 4 heteroatoms. The largest absolute Gasteiger partial charge is 0.478 e. The molecule has 1 aromatic carbocycles. The van der Waals surface area contributed by atoms with Gasteiger partial charge in [-0.05, 0) is 49.9 Å². The van der Waals surface area contributed by atoms with Gasteiger partial charge >= 0.3 is 5.97 Å². The van der Waals surface area contributed by atoms with Gasteiger partial charge in [0.15, 0.2) is 0 Å². The van der Waals surface area contributed by atoms with Gasteiger partial charge in [0.25, 0.3) is 0 Å². The van der Waals surface area contributed by atoms with Gasteiger partial charge in [-0.2, -0.15) is 0 Å². The third kappa shape index (κ3) is 2.71. The number of hydrogen-bond donors (Lipinski definition) is 1. The van der Waals surface area contributed by atoms with Crippen LogP contribution in [-0.4, -0.2) is 29.1 Å². The van der Waals surface area contributed by atoms with Crippen molar-refractivity contribution >= 4 is 22.7 Å². The number of benzene rings is 1. The second kappa shape index (κ2) is 5.72. The van der Waals surface area contributed by atoms with Gasteiger partial charge in [-0.25, -0.2) is 9.78 Å². The van der Waals surface area contributed by atoms with Crippen molar-refractivity contribution in [3.8, 4) is 0 Å². The van der Waals surface area contributed by atoms with Gasteiger partial charge in [0.05, 0.1) is 11.1 Å². The second-order valence-electron chi connectivity index (χ2n) is 5.68. The van der Waals surface area contributed by atoms with Crippen LogP contribution >= 0.6 is 0 Å². The quantitative estimate of drug-likeness (QED) is 0.912. The highest BCUT2D eigenvalue weighted by atomic mass is 16.4. The minimum atomic E-state index is -0.906. The number of nitrogens with zero attached hydrogens (tertiary/aromatic N) is 2. The van der Waals surface area contributed by atoms with E-state index in [1.807, 2.05) is 18.2 Å². The summed E-state index contributed by atoms with van der Waals surface area (Å²) in [5, 5.41) is 9.93. The number of fused-ring (bicyclic) bond motifs is 1.